The van der Waals surface area contributed by atoms with Gasteiger partial charge >= 0.3 is 5.97 Å². The van der Waals surface area contributed by atoms with Crippen LogP contribution in [0.4, 0.5) is 0 Å². The Balaban J connectivity index is 2.11. The third-order valence-corrected chi connectivity index (χ3v) is 4.55. The van der Waals surface area contributed by atoms with Gasteiger partial charge in [-0.05, 0) is 17.7 Å². The lowest BCUT2D eigenvalue weighted by atomic mass is 9.96. The number of pyridine rings is 1. The van der Waals surface area contributed by atoms with Gasteiger partial charge in [-0.15, -0.1) is 0 Å². The first-order valence-electron chi connectivity index (χ1n) is 8.59. The Morgan fingerprint density at radius 1 is 0.815 bits per heavy atom. The molecule has 4 heteroatoms. The maximum absolute atomic E-state index is 13.4. The molecule has 2 aromatic heterocycles. The van der Waals surface area contributed by atoms with Gasteiger partial charge in [-0.2, -0.15) is 0 Å². The van der Waals surface area contributed by atoms with Crippen LogP contribution in [-0.2, 0) is 4.74 Å². The first-order chi connectivity index (χ1) is 13.2. The molecule has 0 aliphatic rings. The summed E-state index contributed by atoms with van der Waals surface area (Å²) in [5.41, 5.74) is 3.42. The second kappa shape index (κ2) is 6.92. The highest BCUT2D eigenvalue weighted by Gasteiger charge is 2.28. The highest BCUT2D eigenvalue weighted by atomic mass is 16.5. The molecule has 4 nitrogen and oxygen atoms in total. The average Bonchev–Trinajstić information content (AvgIpc) is 3.09. The van der Waals surface area contributed by atoms with Crippen LogP contribution in [0.2, 0.25) is 0 Å². The molecule has 4 aromatic rings. The van der Waals surface area contributed by atoms with Crippen LogP contribution >= 0.6 is 0 Å². The van der Waals surface area contributed by atoms with Crippen molar-refractivity contribution >= 4 is 17.3 Å². The van der Waals surface area contributed by atoms with Crippen molar-refractivity contribution < 1.29 is 14.3 Å². The van der Waals surface area contributed by atoms with Crippen molar-refractivity contribution in [3.63, 3.8) is 0 Å². The van der Waals surface area contributed by atoms with Crippen molar-refractivity contribution in [1.29, 1.82) is 0 Å². The lowest BCUT2D eigenvalue weighted by Crippen LogP contribution is -2.07. The summed E-state index contributed by atoms with van der Waals surface area (Å²) in [6.07, 6.45) is 1.80. The SMILES string of the molecule is COC(=O)c1c(-c2ccccc2)c(C(=O)c2ccccc2)n2ccccc12. The number of methoxy groups -OCH3 is 1. The van der Waals surface area contributed by atoms with Crippen LogP contribution in [-0.4, -0.2) is 23.3 Å². The lowest BCUT2D eigenvalue weighted by molar-refractivity contribution is 0.0604. The monoisotopic (exact) mass is 355 g/mol. The number of carbonyl (C=O) groups is 2. The molecule has 0 aliphatic heterocycles. The molecule has 27 heavy (non-hydrogen) atoms. The predicted molar refractivity (Wildman–Crippen MR) is 104 cm³/mol. The van der Waals surface area contributed by atoms with Crippen molar-refractivity contribution in [2.24, 2.45) is 0 Å². The molecule has 132 valence electrons. The molecule has 0 fully saturated rings. The van der Waals surface area contributed by atoms with E-state index in [-0.39, 0.29) is 5.78 Å². The van der Waals surface area contributed by atoms with Gasteiger partial charge in [-0.25, -0.2) is 4.79 Å². The zero-order valence-corrected chi connectivity index (χ0v) is 14.8. The van der Waals surface area contributed by atoms with Crippen molar-refractivity contribution in [1.82, 2.24) is 4.40 Å². The summed E-state index contributed by atoms with van der Waals surface area (Å²) in [6, 6.07) is 24.0. The average molecular weight is 355 g/mol. The van der Waals surface area contributed by atoms with Crippen LogP contribution < -0.4 is 0 Å². The number of benzene rings is 2. The summed E-state index contributed by atoms with van der Waals surface area (Å²) < 4.78 is 6.81. The summed E-state index contributed by atoms with van der Waals surface area (Å²) in [4.78, 5) is 26.1. The van der Waals surface area contributed by atoms with Crippen LogP contribution in [0.25, 0.3) is 16.6 Å². The Kier molecular flexibility index (Phi) is 4.30. The van der Waals surface area contributed by atoms with E-state index in [1.807, 2.05) is 66.7 Å². The normalized spacial score (nSPS) is 10.7. The molecule has 0 N–H and O–H groups in total. The number of hydrogen-bond donors (Lipinski definition) is 0. The molecular weight excluding hydrogens is 338 g/mol. The fraction of sp³-hybridized carbons (Fsp3) is 0.0435. The van der Waals surface area contributed by atoms with Crippen LogP contribution in [0.1, 0.15) is 26.4 Å². The summed E-state index contributed by atoms with van der Waals surface area (Å²) in [7, 11) is 1.35. The highest BCUT2D eigenvalue weighted by Crippen LogP contribution is 2.35. The number of carbonyl (C=O) groups excluding carboxylic acids is 2. The van der Waals surface area contributed by atoms with Gasteiger partial charge in [0.2, 0.25) is 5.78 Å². The summed E-state index contributed by atoms with van der Waals surface area (Å²) >= 11 is 0. The van der Waals surface area contributed by atoms with Gasteiger partial charge in [0.25, 0.3) is 0 Å². The molecule has 2 heterocycles. The van der Waals surface area contributed by atoms with E-state index in [9.17, 15) is 9.59 Å². The van der Waals surface area contributed by atoms with E-state index in [2.05, 4.69) is 0 Å². The van der Waals surface area contributed by atoms with E-state index < -0.39 is 5.97 Å². The second-order valence-corrected chi connectivity index (χ2v) is 6.11. The number of fused-ring (bicyclic) bond motifs is 1. The Morgan fingerprint density at radius 2 is 1.44 bits per heavy atom. The fourth-order valence-electron chi connectivity index (χ4n) is 3.35. The zero-order chi connectivity index (χ0) is 18.8. The third-order valence-electron chi connectivity index (χ3n) is 4.55. The van der Waals surface area contributed by atoms with Crippen molar-refractivity contribution in [2.75, 3.05) is 7.11 Å². The van der Waals surface area contributed by atoms with Gasteiger partial charge in [0.15, 0.2) is 0 Å². The summed E-state index contributed by atoms with van der Waals surface area (Å²) in [5, 5.41) is 0. The Labute approximate surface area is 156 Å². The molecular formula is C23H17NO3. The molecule has 0 unspecified atom stereocenters. The van der Waals surface area contributed by atoms with Gasteiger partial charge in [-0.3, -0.25) is 4.79 Å². The quantitative estimate of drug-likeness (QED) is 0.396. The number of ketones is 1. The molecule has 0 radical (unpaired) electrons. The number of ether oxygens (including phenoxy) is 1. The first kappa shape index (κ1) is 16.8. The molecule has 0 amide bonds. The largest absolute Gasteiger partial charge is 0.465 e. The topological polar surface area (TPSA) is 47.8 Å². The number of aromatic nitrogens is 1. The standard InChI is InChI=1S/C23H17NO3/c1-27-23(26)20-18-14-8-9-15-24(18)21(19(20)16-10-4-2-5-11-16)22(25)17-12-6-3-7-13-17/h2-15H,1H3. The zero-order valence-electron chi connectivity index (χ0n) is 14.8. The predicted octanol–water partition coefficient (Wildman–Crippen LogP) is 4.62. The molecule has 0 saturated carbocycles. The molecule has 0 bridgehead atoms. The minimum Gasteiger partial charge on any atom is -0.465 e. The summed E-state index contributed by atoms with van der Waals surface area (Å²) in [6.45, 7) is 0. The van der Waals surface area contributed by atoms with Gasteiger partial charge < -0.3 is 9.14 Å². The second-order valence-electron chi connectivity index (χ2n) is 6.11. The Bertz CT molecular complexity index is 1130. The molecule has 4 rings (SSSR count). The first-order valence-corrected chi connectivity index (χ1v) is 8.59. The van der Waals surface area contributed by atoms with E-state index in [4.69, 9.17) is 4.74 Å². The Hall–Kier alpha value is -3.66. The van der Waals surface area contributed by atoms with Crippen LogP contribution in [0.3, 0.4) is 0 Å². The minimum atomic E-state index is -0.468. The van der Waals surface area contributed by atoms with Crippen molar-refractivity contribution in [3.8, 4) is 11.1 Å². The maximum Gasteiger partial charge on any atom is 0.340 e. The van der Waals surface area contributed by atoms with E-state index in [1.54, 1.807) is 22.7 Å². The smallest absolute Gasteiger partial charge is 0.340 e. The van der Waals surface area contributed by atoms with E-state index in [0.29, 0.717) is 27.9 Å². The van der Waals surface area contributed by atoms with Crippen LogP contribution in [0.5, 0.6) is 0 Å². The van der Waals surface area contributed by atoms with E-state index in [0.717, 1.165) is 5.56 Å². The van der Waals surface area contributed by atoms with E-state index in [1.165, 1.54) is 7.11 Å². The molecule has 0 saturated heterocycles. The van der Waals surface area contributed by atoms with Gasteiger partial charge in [0.1, 0.15) is 5.69 Å². The van der Waals surface area contributed by atoms with E-state index >= 15 is 0 Å². The number of hydrogen-bond acceptors (Lipinski definition) is 3. The number of nitrogens with zero attached hydrogens (tertiary/aromatic N) is 1. The van der Waals surface area contributed by atoms with Crippen molar-refractivity contribution in [3.05, 3.63) is 102 Å². The number of rotatable bonds is 4. The van der Waals surface area contributed by atoms with Gasteiger partial charge in [0, 0.05) is 17.3 Å². The molecule has 0 aliphatic carbocycles. The van der Waals surface area contributed by atoms with Gasteiger partial charge in [-0.1, -0.05) is 66.7 Å². The third kappa shape index (κ3) is 2.81. The van der Waals surface area contributed by atoms with Crippen LogP contribution in [0, 0.1) is 0 Å². The molecule has 0 atom stereocenters. The minimum absolute atomic E-state index is 0.147. The molecule has 0 spiro atoms. The molecule has 2 aromatic carbocycles. The highest BCUT2D eigenvalue weighted by molar-refractivity contribution is 6.18. The number of esters is 1. The van der Waals surface area contributed by atoms with Gasteiger partial charge in [0.05, 0.1) is 18.2 Å². The maximum atomic E-state index is 13.4. The fourth-order valence-corrected chi connectivity index (χ4v) is 3.35. The lowest BCUT2D eigenvalue weighted by Gasteiger charge is -2.08. The summed E-state index contributed by atoms with van der Waals surface area (Å²) in [5.74, 6) is -0.615. The Morgan fingerprint density at radius 3 is 2.11 bits per heavy atom. The van der Waals surface area contributed by atoms with Crippen LogP contribution in [0.15, 0.2) is 85.1 Å². The van der Waals surface area contributed by atoms with Crippen molar-refractivity contribution in [2.45, 2.75) is 0 Å².